The van der Waals surface area contributed by atoms with Crippen LogP contribution >= 0.6 is 11.6 Å². The van der Waals surface area contributed by atoms with Crippen LogP contribution in [-0.4, -0.2) is 54.6 Å². The number of nitrogen functional groups attached to an aromatic ring is 1. The van der Waals surface area contributed by atoms with Gasteiger partial charge in [0.1, 0.15) is 5.82 Å². The van der Waals surface area contributed by atoms with Crippen molar-refractivity contribution in [1.82, 2.24) is 24.2 Å². The summed E-state index contributed by atoms with van der Waals surface area (Å²) in [6.07, 6.45) is 0.596. The van der Waals surface area contributed by atoms with Crippen molar-refractivity contribution in [3.8, 4) is 0 Å². The van der Waals surface area contributed by atoms with Crippen LogP contribution in [0.3, 0.4) is 0 Å². The van der Waals surface area contributed by atoms with E-state index in [4.69, 9.17) is 27.3 Å². The lowest BCUT2D eigenvalue weighted by Crippen LogP contribution is -2.44. The second kappa shape index (κ2) is 8.87. The third-order valence-corrected chi connectivity index (χ3v) is 6.08. The fourth-order valence-electron chi connectivity index (χ4n) is 3.96. The minimum absolute atomic E-state index is 0.00673. The molecule has 1 aromatic carbocycles. The van der Waals surface area contributed by atoms with Crippen LogP contribution in [0.4, 0.5) is 23.2 Å². The first-order chi connectivity index (χ1) is 16.4. The SMILES string of the molecule is Nn1c(=O)c2cc(F)c(N3CCC(n4ccnn4)C3)c(Cl)c2n(C2CC2)c1=O.O=C(O)C(F)(F)F. The molecule has 0 spiro atoms. The zero-order valence-corrected chi connectivity index (χ0v) is 18.5. The highest BCUT2D eigenvalue weighted by Gasteiger charge is 2.38. The van der Waals surface area contributed by atoms with Gasteiger partial charge in [0, 0.05) is 25.3 Å². The molecule has 1 saturated heterocycles. The molecule has 3 heterocycles. The minimum atomic E-state index is -5.08. The van der Waals surface area contributed by atoms with Crippen LogP contribution in [0.1, 0.15) is 31.3 Å². The van der Waals surface area contributed by atoms with E-state index in [1.165, 1.54) is 4.57 Å². The quantitative estimate of drug-likeness (QED) is 0.393. The first kappa shape index (κ1) is 24.5. The molecule has 1 unspecified atom stereocenters. The number of aliphatic carboxylic acids is 1. The largest absolute Gasteiger partial charge is 0.490 e. The maximum atomic E-state index is 15.0. The summed E-state index contributed by atoms with van der Waals surface area (Å²) in [5.41, 5.74) is -0.950. The summed E-state index contributed by atoms with van der Waals surface area (Å²) in [6, 6.07) is 1.09. The second-order valence-electron chi connectivity index (χ2n) is 8.05. The number of hydrogen-bond donors (Lipinski definition) is 2. The van der Waals surface area contributed by atoms with Gasteiger partial charge in [-0.25, -0.2) is 18.7 Å². The molecule has 11 nitrogen and oxygen atoms in total. The number of rotatable bonds is 3. The zero-order chi connectivity index (χ0) is 25.7. The van der Waals surface area contributed by atoms with E-state index in [1.54, 1.807) is 17.1 Å². The minimum Gasteiger partial charge on any atom is -0.475 e. The van der Waals surface area contributed by atoms with Gasteiger partial charge in [-0.3, -0.25) is 9.36 Å². The third kappa shape index (κ3) is 4.54. The number of alkyl halides is 3. The summed E-state index contributed by atoms with van der Waals surface area (Å²) in [7, 11) is 0. The molecule has 3 N–H and O–H groups in total. The summed E-state index contributed by atoms with van der Waals surface area (Å²) in [4.78, 5) is 35.7. The maximum absolute atomic E-state index is 15.0. The van der Waals surface area contributed by atoms with Gasteiger partial charge in [-0.1, -0.05) is 16.8 Å². The van der Waals surface area contributed by atoms with E-state index < -0.39 is 29.2 Å². The fourth-order valence-corrected chi connectivity index (χ4v) is 4.36. The van der Waals surface area contributed by atoms with Crippen molar-refractivity contribution in [2.45, 2.75) is 37.5 Å². The van der Waals surface area contributed by atoms with E-state index in [0.717, 1.165) is 25.3 Å². The Morgan fingerprint density at radius 3 is 2.40 bits per heavy atom. The van der Waals surface area contributed by atoms with Gasteiger partial charge in [-0.15, -0.1) is 5.10 Å². The fraction of sp³-hybridized carbons (Fsp3) is 0.421. The first-order valence-corrected chi connectivity index (χ1v) is 10.6. The summed E-state index contributed by atoms with van der Waals surface area (Å²) >= 11 is 6.61. The highest BCUT2D eigenvalue weighted by molar-refractivity contribution is 6.38. The number of fused-ring (bicyclic) bond motifs is 1. The first-order valence-electron chi connectivity index (χ1n) is 10.3. The smallest absolute Gasteiger partial charge is 0.475 e. The predicted molar refractivity (Wildman–Crippen MR) is 115 cm³/mol. The molecule has 1 saturated carbocycles. The number of nitrogens with two attached hydrogens (primary N) is 1. The van der Waals surface area contributed by atoms with Gasteiger partial charge in [-0.2, -0.15) is 17.8 Å². The molecule has 1 aliphatic heterocycles. The molecular formula is C19H18ClF4N7O4. The Morgan fingerprint density at radius 2 is 1.86 bits per heavy atom. The highest BCUT2D eigenvalue weighted by Crippen LogP contribution is 2.42. The Bertz CT molecular complexity index is 1400. The van der Waals surface area contributed by atoms with Crippen molar-refractivity contribution in [3.63, 3.8) is 0 Å². The molecule has 3 aromatic rings. The lowest BCUT2D eigenvalue weighted by molar-refractivity contribution is -0.192. The van der Waals surface area contributed by atoms with Gasteiger partial charge in [0.15, 0.2) is 0 Å². The number of carbonyl (C=O) groups is 1. The van der Waals surface area contributed by atoms with Crippen LogP contribution in [-0.2, 0) is 4.79 Å². The Morgan fingerprint density at radius 1 is 1.20 bits per heavy atom. The van der Waals surface area contributed by atoms with Crippen LogP contribution in [0.25, 0.3) is 10.9 Å². The number of benzene rings is 1. The molecule has 0 radical (unpaired) electrons. The normalized spacial score (nSPS) is 18.0. The summed E-state index contributed by atoms with van der Waals surface area (Å²) in [5, 5.41) is 15.0. The topological polar surface area (TPSA) is 141 Å². The van der Waals surface area contributed by atoms with Gasteiger partial charge in [-0.05, 0) is 25.3 Å². The van der Waals surface area contributed by atoms with Crippen molar-refractivity contribution < 1.29 is 27.5 Å². The lowest BCUT2D eigenvalue weighted by atomic mass is 10.2. The van der Waals surface area contributed by atoms with E-state index in [1.807, 2.05) is 4.90 Å². The van der Waals surface area contributed by atoms with Crippen LogP contribution in [0.5, 0.6) is 0 Å². The molecule has 2 aliphatic rings. The van der Waals surface area contributed by atoms with Gasteiger partial charge in [0.05, 0.1) is 33.9 Å². The van der Waals surface area contributed by atoms with Gasteiger partial charge in [0.25, 0.3) is 5.56 Å². The molecule has 16 heteroatoms. The number of halogens is 5. The predicted octanol–water partition coefficient (Wildman–Crippen LogP) is 1.68. The van der Waals surface area contributed by atoms with Crippen LogP contribution in [0.15, 0.2) is 28.0 Å². The van der Waals surface area contributed by atoms with Crippen molar-refractivity contribution in [1.29, 1.82) is 0 Å². The highest BCUT2D eigenvalue weighted by atomic mass is 35.5. The van der Waals surface area contributed by atoms with E-state index in [2.05, 4.69) is 10.3 Å². The number of anilines is 1. The molecule has 1 aliphatic carbocycles. The summed E-state index contributed by atoms with van der Waals surface area (Å²) in [6.45, 7) is 1.06. The Balaban J connectivity index is 0.000000364. The number of hydrogen-bond acceptors (Lipinski definition) is 7. The Hall–Kier alpha value is -3.62. The monoisotopic (exact) mass is 519 g/mol. The molecule has 35 heavy (non-hydrogen) atoms. The number of aromatic nitrogens is 5. The van der Waals surface area contributed by atoms with E-state index in [0.29, 0.717) is 17.8 Å². The van der Waals surface area contributed by atoms with E-state index >= 15 is 4.39 Å². The van der Waals surface area contributed by atoms with Gasteiger partial charge < -0.3 is 15.8 Å². The summed E-state index contributed by atoms with van der Waals surface area (Å²) < 4.78 is 50.4. The molecule has 0 bridgehead atoms. The summed E-state index contributed by atoms with van der Waals surface area (Å²) in [5.74, 6) is 2.25. The Labute approximate surface area is 197 Å². The average Bonchev–Trinajstić information content (AvgIpc) is 3.25. The zero-order valence-electron chi connectivity index (χ0n) is 17.7. The number of carboxylic acids is 1. The average molecular weight is 520 g/mol. The van der Waals surface area contributed by atoms with E-state index in [-0.39, 0.29) is 33.7 Å². The van der Waals surface area contributed by atoms with Crippen molar-refractivity contribution in [2.24, 2.45) is 0 Å². The number of nitrogens with zero attached hydrogens (tertiary/aromatic N) is 6. The Kier molecular flexibility index (Phi) is 6.21. The standard InChI is InChI=1S/C17H17ClFN7O2.C2HF3O2/c18-13-14-11(16(27)26(20)17(28)25(14)9-1-2-9)7-12(19)15(13)23-5-3-10(8-23)24-6-4-21-22-24;3-2(4,5)1(6)7/h4,6-7,9-10H,1-3,5,8,20H2;(H,6,7). The molecule has 188 valence electrons. The molecule has 0 amide bonds. The van der Waals surface area contributed by atoms with Crippen molar-refractivity contribution >= 4 is 34.2 Å². The lowest BCUT2D eigenvalue weighted by Gasteiger charge is -2.23. The van der Waals surface area contributed by atoms with E-state index in [9.17, 15) is 22.8 Å². The van der Waals surface area contributed by atoms with Crippen LogP contribution in [0.2, 0.25) is 5.02 Å². The molecule has 2 fully saturated rings. The molecular weight excluding hydrogens is 502 g/mol. The second-order valence-corrected chi connectivity index (χ2v) is 8.43. The third-order valence-electron chi connectivity index (χ3n) is 5.72. The van der Waals surface area contributed by atoms with Crippen molar-refractivity contribution in [3.05, 3.63) is 50.1 Å². The van der Waals surface area contributed by atoms with Gasteiger partial charge >= 0.3 is 17.8 Å². The van der Waals surface area contributed by atoms with Crippen molar-refractivity contribution in [2.75, 3.05) is 23.8 Å². The molecule has 1 atom stereocenters. The van der Waals surface area contributed by atoms with Crippen LogP contribution < -0.4 is 22.0 Å². The van der Waals surface area contributed by atoms with Gasteiger partial charge in [0.2, 0.25) is 0 Å². The molecule has 5 rings (SSSR count). The maximum Gasteiger partial charge on any atom is 0.490 e. The number of carboxylic acid groups (broad SMARTS) is 1. The molecule has 2 aromatic heterocycles. The van der Waals surface area contributed by atoms with Crippen LogP contribution in [0, 0.1) is 5.82 Å².